The minimum Gasteiger partial charge on any atom is -0.391 e. The fourth-order valence-corrected chi connectivity index (χ4v) is 3.45. The molecule has 1 heterocycles. The van der Waals surface area contributed by atoms with Crippen molar-refractivity contribution in [2.45, 2.75) is 45.3 Å². The Hall–Kier alpha value is -3.39. The Balaban J connectivity index is 1.79. The van der Waals surface area contributed by atoms with Crippen molar-refractivity contribution < 1.29 is 19.5 Å². The smallest absolute Gasteiger partial charge is 0.315 e. The summed E-state index contributed by atoms with van der Waals surface area (Å²) in [6, 6.07) is 13.6. The summed E-state index contributed by atoms with van der Waals surface area (Å²) >= 11 is 0. The van der Waals surface area contributed by atoms with E-state index in [0.717, 1.165) is 16.7 Å². The number of hydrogen-bond acceptors (Lipinski definition) is 4. The molecule has 3 atom stereocenters. The summed E-state index contributed by atoms with van der Waals surface area (Å²) in [5, 5.41) is 15.8. The monoisotopic (exact) mass is 424 g/mol. The van der Waals surface area contributed by atoms with Gasteiger partial charge in [0.15, 0.2) is 0 Å². The van der Waals surface area contributed by atoms with E-state index < -0.39 is 30.0 Å². The van der Waals surface area contributed by atoms with Gasteiger partial charge in [0.25, 0.3) is 11.8 Å². The topological polar surface area (TPSA) is 111 Å². The maximum atomic E-state index is 13.2. The second-order valence-corrected chi connectivity index (χ2v) is 7.61. The number of para-hydroxylation sites is 1. The Morgan fingerprint density at radius 1 is 1.10 bits per heavy atom. The molecular weight excluding hydrogens is 396 g/mol. The molecule has 0 radical (unpaired) electrons. The van der Waals surface area contributed by atoms with Crippen LogP contribution in [0.15, 0.2) is 48.5 Å². The Labute approximate surface area is 181 Å². The summed E-state index contributed by atoms with van der Waals surface area (Å²) in [5.74, 6) is -1.27. The average Bonchev–Trinajstić information content (AvgIpc) is 2.87. The minimum atomic E-state index is -0.903. The number of aliphatic hydroxyl groups excluding tert-OH is 1. The molecule has 8 nitrogen and oxygen atoms in total. The molecule has 0 spiro atoms. The number of rotatable bonds is 6. The second kappa shape index (κ2) is 9.61. The van der Waals surface area contributed by atoms with Crippen molar-refractivity contribution in [3.8, 4) is 11.1 Å². The molecule has 1 aliphatic rings. The zero-order valence-electron chi connectivity index (χ0n) is 17.9. The SMILES string of the molecule is CC[C@@H](O)CNC(=O)N[C@@H](C)C(=O)NN1C(=O)[C@@H](C)c2ccccc2-c2ccccc21. The van der Waals surface area contributed by atoms with Gasteiger partial charge in [0.2, 0.25) is 0 Å². The first-order valence-corrected chi connectivity index (χ1v) is 10.4. The highest BCUT2D eigenvalue weighted by molar-refractivity contribution is 6.06. The third-order valence-corrected chi connectivity index (χ3v) is 5.39. The van der Waals surface area contributed by atoms with Crippen LogP contribution < -0.4 is 21.1 Å². The van der Waals surface area contributed by atoms with Gasteiger partial charge in [-0.05, 0) is 37.5 Å². The van der Waals surface area contributed by atoms with E-state index in [-0.39, 0.29) is 12.5 Å². The molecule has 0 aliphatic carbocycles. The number of carbonyl (C=O) groups excluding carboxylic acids is 3. The van der Waals surface area contributed by atoms with Gasteiger partial charge in [-0.3, -0.25) is 15.0 Å². The lowest BCUT2D eigenvalue weighted by molar-refractivity contribution is -0.127. The number of aliphatic hydroxyl groups is 1. The molecule has 4 N–H and O–H groups in total. The van der Waals surface area contributed by atoms with Crippen LogP contribution in [0.25, 0.3) is 11.1 Å². The molecule has 4 amide bonds. The fraction of sp³-hybridized carbons (Fsp3) is 0.348. The van der Waals surface area contributed by atoms with E-state index in [0.29, 0.717) is 12.1 Å². The van der Waals surface area contributed by atoms with Crippen LogP contribution in [0.2, 0.25) is 0 Å². The number of hydrazine groups is 1. The number of hydrogen-bond donors (Lipinski definition) is 4. The molecule has 0 fully saturated rings. The Morgan fingerprint density at radius 2 is 1.74 bits per heavy atom. The third kappa shape index (κ3) is 4.86. The van der Waals surface area contributed by atoms with E-state index in [4.69, 9.17) is 0 Å². The standard InChI is InChI=1S/C23H28N4O4/c1-4-16(28)13-24-23(31)25-15(3)21(29)26-27-20-12-8-7-11-19(20)18-10-6-5-9-17(18)14(2)22(27)30/h5-12,14-16,28H,4,13H2,1-3H3,(H,26,29)(H2,24,25,31)/t14-,15-,16+/m0/s1. The van der Waals surface area contributed by atoms with Gasteiger partial charge in [-0.1, -0.05) is 49.4 Å². The van der Waals surface area contributed by atoms with Crippen LogP contribution in [0, 0.1) is 0 Å². The summed E-state index contributed by atoms with van der Waals surface area (Å²) < 4.78 is 0. The predicted molar refractivity (Wildman–Crippen MR) is 118 cm³/mol. The van der Waals surface area contributed by atoms with E-state index in [1.54, 1.807) is 26.0 Å². The van der Waals surface area contributed by atoms with Gasteiger partial charge in [-0.25, -0.2) is 9.80 Å². The maximum absolute atomic E-state index is 13.2. The van der Waals surface area contributed by atoms with Gasteiger partial charge in [0, 0.05) is 12.1 Å². The van der Waals surface area contributed by atoms with Crippen LogP contribution in [0.4, 0.5) is 10.5 Å². The van der Waals surface area contributed by atoms with Crippen molar-refractivity contribution >= 4 is 23.5 Å². The van der Waals surface area contributed by atoms with E-state index in [9.17, 15) is 19.5 Å². The first-order chi connectivity index (χ1) is 14.8. The molecule has 0 unspecified atom stereocenters. The van der Waals surface area contributed by atoms with Crippen LogP contribution >= 0.6 is 0 Å². The largest absolute Gasteiger partial charge is 0.391 e. The number of fused-ring (bicyclic) bond motifs is 3. The van der Waals surface area contributed by atoms with E-state index in [1.165, 1.54) is 11.9 Å². The van der Waals surface area contributed by atoms with Gasteiger partial charge in [-0.2, -0.15) is 0 Å². The second-order valence-electron chi connectivity index (χ2n) is 7.61. The van der Waals surface area contributed by atoms with Crippen LogP contribution in [-0.4, -0.2) is 41.6 Å². The van der Waals surface area contributed by atoms with Crippen LogP contribution in [0.3, 0.4) is 0 Å². The van der Waals surface area contributed by atoms with Crippen LogP contribution in [-0.2, 0) is 9.59 Å². The predicted octanol–water partition coefficient (Wildman–Crippen LogP) is 2.29. The van der Waals surface area contributed by atoms with Crippen molar-refractivity contribution in [1.82, 2.24) is 16.1 Å². The molecule has 0 bridgehead atoms. The summed E-state index contributed by atoms with van der Waals surface area (Å²) in [6.45, 7) is 5.22. The fourth-order valence-electron chi connectivity index (χ4n) is 3.45. The van der Waals surface area contributed by atoms with E-state index in [2.05, 4.69) is 16.1 Å². The number of carbonyl (C=O) groups is 3. The van der Waals surface area contributed by atoms with Gasteiger partial charge >= 0.3 is 6.03 Å². The molecule has 0 aromatic heterocycles. The number of benzene rings is 2. The van der Waals surface area contributed by atoms with Crippen molar-refractivity contribution in [3.63, 3.8) is 0 Å². The summed E-state index contributed by atoms with van der Waals surface area (Å²) in [6.07, 6.45) is -0.142. The van der Waals surface area contributed by atoms with Gasteiger partial charge in [0.1, 0.15) is 6.04 Å². The Bertz CT molecular complexity index is 978. The highest BCUT2D eigenvalue weighted by Crippen LogP contribution is 2.39. The molecule has 164 valence electrons. The highest BCUT2D eigenvalue weighted by atomic mass is 16.3. The lowest BCUT2D eigenvalue weighted by atomic mass is 9.92. The summed E-state index contributed by atoms with van der Waals surface area (Å²) in [5.41, 5.74) is 5.90. The normalized spacial score (nSPS) is 17.0. The average molecular weight is 425 g/mol. The Kier molecular flexibility index (Phi) is 6.91. The van der Waals surface area contributed by atoms with E-state index in [1.807, 2.05) is 36.4 Å². The number of nitrogens with one attached hydrogen (secondary N) is 3. The quantitative estimate of drug-likeness (QED) is 0.570. The molecular formula is C23H28N4O4. The Morgan fingerprint density at radius 3 is 2.45 bits per heavy atom. The zero-order chi connectivity index (χ0) is 22.5. The molecule has 8 heteroatoms. The first-order valence-electron chi connectivity index (χ1n) is 10.4. The minimum absolute atomic E-state index is 0.0877. The number of nitrogens with zero attached hydrogens (tertiary/aromatic N) is 1. The molecule has 0 saturated heterocycles. The molecule has 1 aliphatic heterocycles. The number of urea groups is 1. The highest BCUT2D eigenvalue weighted by Gasteiger charge is 2.33. The molecule has 2 aromatic carbocycles. The lowest BCUT2D eigenvalue weighted by Crippen LogP contribution is -2.55. The summed E-state index contributed by atoms with van der Waals surface area (Å²) in [7, 11) is 0. The van der Waals surface area contributed by atoms with Crippen LogP contribution in [0.5, 0.6) is 0 Å². The van der Waals surface area contributed by atoms with Crippen molar-refractivity contribution in [1.29, 1.82) is 0 Å². The number of amides is 4. The van der Waals surface area contributed by atoms with Gasteiger partial charge in [-0.15, -0.1) is 0 Å². The lowest BCUT2D eigenvalue weighted by Gasteiger charge is -2.27. The first kappa shape index (κ1) is 22.3. The summed E-state index contributed by atoms with van der Waals surface area (Å²) in [4.78, 5) is 38.0. The van der Waals surface area contributed by atoms with Crippen molar-refractivity contribution in [3.05, 3.63) is 54.1 Å². The van der Waals surface area contributed by atoms with Crippen LogP contribution in [0.1, 0.15) is 38.7 Å². The number of anilines is 1. The van der Waals surface area contributed by atoms with E-state index >= 15 is 0 Å². The molecule has 3 rings (SSSR count). The molecule has 2 aromatic rings. The maximum Gasteiger partial charge on any atom is 0.315 e. The van der Waals surface area contributed by atoms with Gasteiger partial charge in [0.05, 0.1) is 17.7 Å². The van der Waals surface area contributed by atoms with Crippen molar-refractivity contribution in [2.75, 3.05) is 11.6 Å². The van der Waals surface area contributed by atoms with Gasteiger partial charge < -0.3 is 15.7 Å². The molecule has 31 heavy (non-hydrogen) atoms. The zero-order valence-corrected chi connectivity index (χ0v) is 17.9. The van der Waals surface area contributed by atoms with Crippen molar-refractivity contribution in [2.24, 2.45) is 0 Å². The molecule has 0 saturated carbocycles. The third-order valence-electron chi connectivity index (χ3n) is 5.39.